The van der Waals surface area contributed by atoms with Crippen molar-refractivity contribution in [2.24, 2.45) is 0 Å². The van der Waals surface area contributed by atoms with Crippen LogP contribution in [-0.4, -0.2) is 35.9 Å². The molecule has 0 aliphatic rings. The van der Waals surface area contributed by atoms with Gasteiger partial charge >= 0.3 is 0 Å². The lowest BCUT2D eigenvalue weighted by Gasteiger charge is -2.31. The van der Waals surface area contributed by atoms with Crippen LogP contribution in [0.4, 0.5) is 0 Å². The third kappa shape index (κ3) is 7.62. The molecular formula is C25H31BrCl2N2O3. The van der Waals surface area contributed by atoms with E-state index in [1.165, 1.54) is 4.90 Å². The number of likely N-dealkylation sites (N-methyl/N-ethyl adjacent to an activating group) is 1. The van der Waals surface area contributed by atoms with Gasteiger partial charge in [0.25, 0.3) is 5.91 Å². The minimum Gasteiger partial charge on any atom is -0.483 e. The second-order valence-electron chi connectivity index (χ2n) is 8.76. The van der Waals surface area contributed by atoms with Crippen LogP contribution >= 0.6 is 39.1 Å². The largest absolute Gasteiger partial charge is 0.483 e. The Kier molecular flexibility index (Phi) is 10.1. The van der Waals surface area contributed by atoms with E-state index in [9.17, 15) is 9.59 Å². The van der Waals surface area contributed by atoms with E-state index >= 15 is 0 Å². The second kappa shape index (κ2) is 12.1. The van der Waals surface area contributed by atoms with E-state index in [-0.39, 0.29) is 30.4 Å². The molecule has 0 spiro atoms. The number of nitrogens with zero attached hydrogens (tertiary/aromatic N) is 1. The Hall–Kier alpha value is -1.76. The Labute approximate surface area is 214 Å². The van der Waals surface area contributed by atoms with Gasteiger partial charge < -0.3 is 15.0 Å². The summed E-state index contributed by atoms with van der Waals surface area (Å²) in [4.78, 5) is 27.5. The molecule has 0 radical (unpaired) electrons. The van der Waals surface area contributed by atoms with Crippen molar-refractivity contribution in [3.05, 3.63) is 62.0 Å². The summed E-state index contributed by atoms with van der Waals surface area (Å²) in [5.74, 6) is 0.0342. The van der Waals surface area contributed by atoms with Crippen molar-refractivity contribution in [3.8, 4) is 5.75 Å². The average molecular weight is 558 g/mol. The lowest BCUT2D eigenvalue weighted by atomic mass is 9.87. The van der Waals surface area contributed by atoms with Crippen LogP contribution in [0.2, 0.25) is 10.0 Å². The first-order chi connectivity index (χ1) is 15.5. The fraction of sp³-hybridized carbons (Fsp3) is 0.440. The molecule has 2 aromatic rings. The predicted molar refractivity (Wildman–Crippen MR) is 138 cm³/mol. The highest BCUT2D eigenvalue weighted by atomic mass is 79.9. The summed E-state index contributed by atoms with van der Waals surface area (Å²) in [5.41, 5.74) is 1.84. The van der Waals surface area contributed by atoms with Crippen LogP contribution in [0.25, 0.3) is 0 Å². The SMILES string of the molecule is CCNC(=O)[C@H](CC)N(Cc1ccc(Cl)cc1Cl)C(=O)COc1ccc(C(C)(C)C)cc1Br. The van der Waals surface area contributed by atoms with Gasteiger partial charge in [-0.25, -0.2) is 0 Å². The first-order valence-electron chi connectivity index (χ1n) is 10.9. The van der Waals surface area contributed by atoms with Crippen molar-refractivity contribution < 1.29 is 14.3 Å². The summed E-state index contributed by atoms with van der Waals surface area (Å²) in [6.07, 6.45) is 0.451. The number of halogens is 3. The van der Waals surface area contributed by atoms with Crippen LogP contribution < -0.4 is 10.1 Å². The molecule has 0 aliphatic heterocycles. The van der Waals surface area contributed by atoms with Gasteiger partial charge in [-0.15, -0.1) is 0 Å². The molecule has 0 fully saturated rings. The van der Waals surface area contributed by atoms with Crippen molar-refractivity contribution in [2.75, 3.05) is 13.2 Å². The smallest absolute Gasteiger partial charge is 0.261 e. The van der Waals surface area contributed by atoms with E-state index in [2.05, 4.69) is 42.0 Å². The van der Waals surface area contributed by atoms with Gasteiger partial charge in [0.1, 0.15) is 11.8 Å². The molecule has 0 bridgehead atoms. The third-order valence-electron chi connectivity index (χ3n) is 5.24. The fourth-order valence-corrected chi connectivity index (χ4v) is 4.31. The topological polar surface area (TPSA) is 58.6 Å². The fourth-order valence-electron chi connectivity index (χ4n) is 3.35. The Balaban J connectivity index is 2.26. The van der Waals surface area contributed by atoms with Gasteiger partial charge in [-0.2, -0.15) is 0 Å². The molecule has 1 N–H and O–H groups in total. The quantitative estimate of drug-likeness (QED) is 0.389. The van der Waals surface area contributed by atoms with Crippen molar-refractivity contribution in [2.45, 2.75) is 59.0 Å². The predicted octanol–water partition coefficient (Wildman–Crippen LogP) is 6.38. The molecule has 33 heavy (non-hydrogen) atoms. The molecule has 2 aromatic carbocycles. The third-order valence-corrected chi connectivity index (χ3v) is 6.45. The molecule has 0 saturated carbocycles. The highest BCUT2D eigenvalue weighted by molar-refractivity contribution is 9.10. The summed E-state index contributed by atoms with van der Waals surface area (Å²) in [7, 11) is 0. The average Bonchev–Trinajstić information content (AvgIpc) is 2.73. The molecule has 2 amide bonds. The van der Waals surface area contributed by atoms with Crippen LogP contribution in [-0.2, 0) is 21.5 Å². The van der Waals surface area contributed by atoms with Gasteiger partial charge in [-0.3, -0.25) is 9.59 Å². The van der Waals surface area contributed by atoms with Gasteiger partial charge in [0.2, 0.25) is 5.91 Å². The molecule has 5 nitrogen and oxygen atoms in total. The van der Waals surface area contributed by atoms with E-state index in [4.69, 9.17) is 27.9 Å². The molecule has 180 valence electrons. The molecule has 0 saturated heterocycles. The van der Waals surface area contributed by atoms with Crippen LogP contribution in [0.3, 0.4) is 0 Å². The zero-order valence-corrected chi connectivity index (χ0v) is 22.8. The molecule has 0 unspecified atom stereocenters. The van der Waals surface area contributed by atoms with Crippen molar-refractivity contribution in [3.63, 3.8) is 0 Å². The standard InChI is InChI=1S/C25H31BrCl2N2O3/c1-6-21(24(32)29-7-2)30(14-16-8-10-18(27)13-20(16)28)23(31)15-33-22-11-9-17(12-19(22)26)25(3,4)5/h8-13,21H,6-7,14-15H2,1-5H3,(H,29,32)/t21-/m0/s1. The Morgan fingerprint density at radius 1 is 1.12 bits per heavy atom. The number of carbonyl (C=O) groups excluding carboxylic acids is 2. The maximum Gasteiger partial charge on any atom is 0.261 e. The maximum atomic E-state index is 13.3. The molecule has 0 heterocycles. The summed E-state index contributed by atoms with van der Waals surface area (Å²) < 4.78 is 6.61. The highest BCUT2D eigenvalue weighted by Gasteiger charge is 2.29. The number of amides is 2. The Morgan fingerprint density at radius 2 is 1.82 bits per heavy atom. The zero-order valence-electron chi connectivity index (χ0n) is 19.7. The highest BCUT2D eigenvalue weighted by Crippen LogP contribution is 2.31. The van der Waals surface area contributed by atoms with Gasteiger partial charge in [-0.1, -0.05) is 63.0 Å². The van der Waals surface area contributed by atoms with Crippen molar-refractivity contribution in [1.82, 2.24) is 10.2 Å². The van der Waals surface area contributed by atoms with E-state index < -0.39 is 6.04 Å². The molecule has 2 rings (SSSR count). The normalized spacial score (nSPS) is 12.2. The van der Waals surface area contributed by atoms with Gasteiger partial charge in [0.15, 0.2) is 6.61 Å². The summed E-state index contributed by atoms with van der Waals surface area (Å²) in [6, 6.07) is 10.3. The first-order valence-corrected chi connectivity index (χ1v) is 12.5. The number of rotatable bonds is 9. The molecule has 8 heteroatoms. The van der Waals surface area contributed by atoms with Gasteiger partial charge in [-0.05, 0) is 70.1 Å². The number of hydrogen-bond donors (Lipinski definition) is 1. The van der Waals surface area contributed by atoms with E-state index in [0.29, 0.717) is 34.3 Å². The molecule has 0 aliphatic carbocycles. The Morgan fingerprint density at radius 3 is 2.36 bits per heavy atom. The molecule has 0 aromatic heterocycles. The number of nitrogens with one attached hydrogen (secondary N) is 1. The minimum absolute atomic E-state index is 0.00744. The number of benzene rings is 2. The molecular weight excluding hydrogens is 527 g/mol. The summed E-state index contributed by atoms with van der Waals surface area (Å²) in [6.45, 7) is 10.5. The van der Waals surface area contributed by atoms with Crippen LogP contribution in [0.5, 0.6) is 5.75 Å². The van der Waals surface area contributed by atoms with Gasteiger partial charge in [0, 0.05) is 23.1 Å². The Bertz CT molecular complexity index is 992. The van der Waals surface area contributed by atoms with E-state index in [0.717, 1.165) is 10.0 Å². The van der Waals surface area contributed by atoms with Crippen molar-refractivity contribution >= 4 is 50.9 Å². The minimum atomic E-state index is -0.653. The van der Waals surface area contributed by atoms with Gasteiger partial charge in [0.05, 0.1) is 4.47 Å². The number of ether oxygens (including phenoxy) is 1. The second-order valence-corrected chi connectivity index (χ2v) is 10.5. The first kappa shape index (κ1) is 27.5. The molecule has 1 atom stereocenters. The van der Waals surface area contributed by atoms with E-state index in [1.807, 2.05) is 32.0 Å². The summed E-state index contributed by atoms with van der Waals surface area (Å²) in [5, 5.41) is 3.75. The van der Waals surface area contributed by atoms with Crippen LogP contribution in [0.1, 0.15) is 52.2 Å². The number of hydrogen-bond acceptors (Lipinski definition) is 3. The monoisotopic (exact) mass is 556 g/mol. The zero-order chi connectivity index (χ0) is 24.8. The maximum absolute atomic E-state index is 13.3. The van der Waals surface area contributed by atoms with E-state index in [1.54, 1.807) is 18.2 Å². The van der Waals surface area contributed by atoms with Crippen molar-refractivity contribution in [1.29, 1.82) is 0 Å². The van der Waals surface area contributed by atoms with Crippen LogP contribution in [0, 0.1) is 0 Å². The lowest BCUT2D eigenvalue weighted by molar-refractivity contribution is -0.142. The lowest BCUT2D eigenvalue weighted by Crippen LogP contribution is -2.50. The van der Waals surface area contributed by atoms with Crippen LogP contribution in [0.15, 0.2) is 40.9 Å². The summed E-state index contributed by atoms with van der Waals surface area (Å²) >= 11 is 15.9. The number of carbonyl (C=O) groups is 2.